The van der Waals surface area contributed by atoms with Gasteiger partial charge in [0, 0.05) is 12.6 Å². The SMILES string of the molecule is CCOC(=O)COCCN[C@H](C)c1cccc(F)c1. The Balaban J connectivity index is 2.17. The van der Waals surface area contributed by atoms with Gasteiger partial charge in [-0.3, -0.25) is 0 Å². The standard InChI is InChI=1S/C14H20FNO3/c1-3-19-14(17)10-18-8-7-16-11(2)12-5-4-6-13(15)9-12/h4-6,9,11,16H,3,7-8,10H2,1-2H3/t11-/m1/s1. The number of halogens is 1. The smallest absolute Gasteiger partial charge is 0.332 e. The number of carbonyl (C=O) groups excluding carboxylic acids is 1. The lowest BCUT2D eigenvalue weighted by molar-refractivity contribution is -0.148. The van der Waals surface area contributed by atoms with Crippen LogP contribution in [0.5, 0.6) is 0 Å². The molecule has 0 fully saturated rings. The van der Waals surface area contributed by atoms with Crippen LogP contribution in [0.2, 0.25) is 0 Å². The molecule has 106 valence electrons. The fourth-order valence-electron chi connectivity index (χ4n) is 1.60. The van der Waals surface area contributed by atoms with Gasteiger partial charge in [0.1, 0.15) is 12.4 Å². The van der Waals surface area contributed by atoms with Crippen LogP contribution < -0.4 is 5.32 Å². The lowest BCUT2D eigenvalue weighted by Crippen LogP contribution is -2.24. The predicted octanol–water partition coefficient (Wildman–Crippen LogP) is 2.06. The van der Waals surface area contributed by atoms with Gasteiger partial charge in [0.2, 0.25) is 0 Å². The average Bonchev–Trinajstić information content (AvgIpc) is 2.38. The van der Waals surface area contributed by atoms with Crippen molar-refractivity contribution in [3.63, 3.8) is 0 Å². The van der Waals surface area contributed by atoms with Crippen LogP contribution in [-0.2, 0) is 14.3 Å². The molecule has 0 aromatic heterocycles. The van der Waals surface area contributed by atoms with Crippen molar-refractivity contribution >= 4 is 5.97 Å². The number of esters is 1. The highest BCUT2D eigenvalue weighted by Crippen LogP contribution is 2.12. The van der Waals surface area contributed by atoms with Crippen LogP contribution >= 0.6 is 0 Å². The highest BCUT2D eigenvalue weighted by atomic mass is 19.1. The van der Waals surface area contributed by atoms with Crippen LogP contribution in [-0.4, -0.2) is 32.3 Å². The molecule has 0 radical (unpaired) electrons. The molecule has 4 nitrogen and oxygen atoms in total. The van der Waals surface area contributed by atoms with E-state index in [1.54, 1.807) is 13.0 Å². The summed E-state index contributed by atoms with van der Waals surface area (Å²) in [4.78, 5) is 11.0. The molecular formula is C14H20FNO3. The van der Waals surface area contributed by atoms with E-state index in [4.69, 9.17) is 9.47 Å². The Kier molecular flexibility index (Phi) is 7.07. The van der Waals surface area contributed by atoms with Crippen molar-refractivity contribution in [2.45, 2.75) is 19.9 Å². The third kappa shape index (κ3) is 6.31. The van der Waals surface area contributed by atoms with Gasteiger partial charge < -0.3 is 14.8 Å². The third-order valence-corrected chi connectivity index (χ3v) is 2.57. The van der Waals surface area contributed by atoms with Crippen LogP contribution in [0.25, 0.3) is 0 Å². The molecule has 0 unspecified atom stereocenters. The quantitative estimate of drug-likeness (QED) is 0.579. The highest BCUT2D eigenvalue weighted by Gasteiger charge is 2.05. The Morgan fingerprint density at radius 1 is 1.47 bits per heavy atom. The molecule has 0 aliphatic carbocycles. The van der Waals surface area contributed by atoms with Gasteiger partial charge in [-0.2, -0.15) is 0 Å². The maximum absolute atomic E-state index is 13.0. The summed E-state index contributed by atoms with van der Waals surface area (Å²) in [5.74, 6) is -0.606. The van der Waals surface area contributed by atoms with E-state index in [1.807, 2.05) is 13.0 Å². The van der Waals surface area contributed by atoms with Crippen molar-refractivity contribution in [3.8, 4) is 0 Å². The maximum Gasteiger partial charge on any atom is 0.332 e. The zero-order chi connectivity index (χ0) is 14.1. The zero-order valence-electron chi connectivity index (χ0n) is 11.3. The maximum atomic E-state index is 13.0. The molecule has 0 heterocycles. The van der Waals surface area contributed by atoms with Crippen LogP contribution in [0.4, 0.5) is 4.39 Å². The molecule has 0 spiro atoms. The first-order valence-corrected chi connectivity index (χ1v) is 6.35. The molecule has 0 saturated carbocycles. The van der Waals surface area contributed by atoms with Gasteiger partial charge in [0.05, 0.1) is 13.2 Å². The number of hydrogen-bond donors (Lipinski definition) is 1. The second kappa shape index (κ2) is 8.61. The van der Waals surface area contributed by atoms with Crippen LogP contribution in [0, 0.1) is 5.82 Å². The Hall–Kier alpha value is -1.46. The summed E-state index contributed by atoms with van der Waals surface area (Å²) in [6, 6.07) is 6.48. The molecule has 0 amide bonds. The van der Waals surface area contributed by atoms with Gasteiger partial charge in [-0.05, 0) is 31.5 Å². The minimum absolute atomic E-state index is 0.0295. The van der Waals surface area contributed by atoms with Crippen molar-refractivity contribution in [2.24, 2.45) is 0 Å². The Labute approximate surface area is 112 Å². The summed E-state index contributed by atoms with van der Waals surface area (Å²) in [5, 5.41) is 3.19. The lowest BCUT2D eigenvalue weighted by atomic mass is 10.1. The first-order valence-electron chi connectivity index (χ1n) is 6.35. The number of benzene rings is 1. The first kappa shape index (κ1) is 15.6. The molecule has 0 aliphatic heterocycles. The molecule has 19 heavy (non-hydrogen) atoms. The molecule has 1 rings (SSSR count). The number of hydrogen-bond acceptors (Lipinski definition) is 4. The molecule has 1 aromatic rings. The van der Waals surface area contributed by atoms with Crippen LogP contribution in [0.1, 0.15) is 25.5 Å². The van der Waals surface area contributed by atoms with Crippen LogP contribution in [0.15, 0.2) is 24.3 Å². The predicted molar refractivity (Wildman–Crippen MR) is 70.3 cm³/mol. The second-order valence-electron chi connectivity index (χ2n) is 4.09. The Bertz CT molecular complexity index is 398. The summed E-state index contributed by atoms with van der Waals surface area (Å²) in [5.41, 5.74) is 0.880. The van der Waals surface area contributed by atoms with E-state index in [0.717, 1.165) is 5.56 Å². The molecule has 0 saturated heterocycles. The van der Waals surface area contributed by atoms with Gasteiger partial charge in [0.15, 0.2) is 0 Å². The summed E-state index contributed by atoms with van der Waals surface area (Å²) in [7, 11) is 0. The average molecular weight is 269 g/mol. The van der Waals surface area contributed by atoms with Crippen molar-refractivity contribution in [2.75, 3.05) is 26.4 Å². The normalized spacial score (nSPS) is 12.2. The van der Waals surface area contributed by atoms with Crippen molar-refractivity contribution < 1.29 is 18.7 Å². The summed E-state index contributed by atoms with van der Waals surface area (Å²) < 4.78 is 22.9. The molecular weight excluding hydrogens is 249 g/mol. The monoisotopic (exact) mass is 269 g/mol. The third-order valence-electron chi connectivity index (χ3n) is 2.57. The number of nitrogens with one attached hydrogen (secondary N) is 1. The summed E-state index contributed by atoms with van der Waals surface area (Å²) in [6.07, 6.45) is 0. The zero-order valence-corrected chi connectivity index (χ0v) is 11.3. The van der Waals surface area contributed by atoms with Gasteiger partial charge in [-0.25, -0.2) is 9.18 Å². The molecule has 5 heteroatoms. The molecule has 0 bridgehead atoms. The molecule has 0 aliphatic rings. The van der Waals surface area contributed by atoms with E-state index in [9.17, 15) is 9.18 Å². The van der Waals surface area contributed by atoms with E-state index in [1.165, 1.54) is 12.1 Å². The van der Waals surface area contributed by atoms with Crippen molar-refractivity contribution in [1.82, 2.24) is 5.32 Å². The van der Waals surface area contributed by atoms with Crippen LogP contribution in [0.3, 0.4) is 0 Å². The minimum atomic E-state index is -0.360. The highest BCUT2D eigenvalue weighted by molar-refractivity contribution is 5.70. The molecule has 1 N–H and O–H groups in total. The minimum Gasteiger partial charge on any atom is -0.464 e. The van der Waals surface area contributed by atoms with E-state index in [-0.39, 0.29) is 24.4 Å². The Morgan fingerprint density at radius 2 is 2.26 bits per heavy atom. The summed E-state index contributed by atoms with van der Waals surface area (Å²) >= 11 is 0. The number of ether oxygens (including phenoxy) is 2. The van der Waals surface area contributed by atoms with Crippen molar-refractivity contribution in [1.29, 1.82) is 0 Å². The Morgan fingerprint density at radius 3 is 2.95 bits per heavy atom. The molecule has 1 atom stereocenters. The fourth-order valence-corrected chi connectivity index (χ4v) is 1.60. The van der Waals surface area contributed by atoms with Crippen molar-refractivity contribution in [3.05, 3.63) is 35.6 Å². The number of carbonyl (C=O) groups is 1. The van der Waals surface area contributed by atoms with E-state index < -0.39 is 0 Å². The second-order valence-corrected chi connectivity index (χ2v) is 4.09. The first-order chi connectivity index (χ1) is 9.13. The fraction of sp³-hybridized carbons (Fsp3) is 0.500. The van der Waals surface area contributed by atoms with Gasteiger partial charge in [0.25, 0.3) is 0 Å². The number of rotatable bonds is 8. The largest absolute Gasteiger partial charge is 0.464 e. The lowest BCUT2D eigenvalue weighted by Gasteiger charge is -2.14. The van der Waals surface area contributed by atoms with Gasteiger partial charge in [-0.15, -0.1) is 0 Å². The van der Waals surface area contributed by atoms with E-state index in [2.05, 4.69) is 5.32 Å². The van der Waals surface area contributed by atoms with Gasteiger partial charge >= 0.3 is 5.97 Å². The van der Waals surface area contributed by atoms with Gasteiger partial charge in [-0.1, -0.05) is 12.1 Å². The summed E-state index contributed by atoms with van der Waals surface area (Å²) in [6.45, 7) is 5.00. The molecule has 1 aromatic carbocycles. The van der Waals surface area contributed by atoms with E-state index >= 15 is 0 Å². The van der Waals surface area contributed by atoms with E-state index in [0.29, 0.717) is 19.8 Å². The topological polar surface area (TPSA) is 47.6 Å².